The van der Waals surface area contributed by atoms with Crippen molar-refractivity contribution >= 4 is 28.3 Å². The highest BCUT2D eigenvalue weighted by atomic mass is 16.2. The van der Waals surface area contributed by atoms with E-state index in [9.17, 15) is 9.59 Å². The van der Waals surface area contributed by atoms with Crippen LogP contribution in [0.4, 0.5) is 5.69 Å². The highest BCUT2D eigenvalue weighted by Crippen LogP contribution is 2.33. The molecular formula is C17H18N2O2. The lowest BCUT2D eigenvalue weighted by molar-refractivity contribution is -0.126. The molecule has 4 heteroatoms. The van der Waals surface area contributed by atoms with Gasteiger partial charge in [0.25, 0.3) is 0 Å². The number of likely N-dealkylation sites (N-methyl/N-ethyl adjacent to an activating group) is 1. The van der Waals surface area contributed by atoms with Gasteiger partial charge in [0.2, 0.25) is 11.8 Å². The van der Waals surface area contributed by atoms with E-state index in [1.165, 1.54) is 6.92 Å². The molecule has 0 spiro atoms. The van der Waals surface area contributed by atoms with Crippen LogP contribution in [0.3, 0.4) is 0 Å². The third-order valence-electron chi connectivity index (χ3n) is 3.97. The highest BCUT2D eigenvalue weighted by Gasteiger charge is 2.33. The quantitative estimate of drug-likeness (QED) is 0.918. The minimum atomic E-state index is -0.472. The van der Waals surface area contributed by atoms with E-state index in [1.807, 2.05) is 31.2 Å². The van der Waals surface area contributed by atoms with Crippen LogP contribution in [0.1, 0.15) is 19.4 Å². The van der Waals surface area contributed by atoms with Crippen molar-refractivity contribution in [2.75, 3.05) is 11.4 Å². The Bertz CT molecular complexity index is 724. The molecule has 21 heavy (non-hydrogen) atoms. The maximum absolute atomic E-state index is 12.5. The first-order chi connectivity index (χ1) is 10.1. The van der Waals surface area contributed by atoms with Gasteiger partial charge in [-0.15, -0.1) is 0 Å². The van der Waals surface area contributed by atoms with Gasteiger partial charge in [-0.3, -0.25) is 9.59 Å². The largest absolute Gasteiger partial charge is 0.344 e. The summed E-state index contributed by atoms with van der Waals surface area (Å²) in [6.07, 6.45) is 0.547. The zero-order chi connectivity index (χ0) is 15.0. The van der Waals surface area contributed by atoms with Gasteiger partial charge in [0.05, 0.1) is 0 Å². The first kappa shape index (κ1) is 13.6. The molecule has 0 radical (unpaired) electrons. The maximum atomic E-state index is 12.5. The molecule has 2 aromatic rings. The summed E-state index contributed by atoms with van der Waals surface area (Å²) < 4.78 is 0. The number of carbonyl (C=O) groups is 2. The van der Waals surface area contributed by atoms with E-state index in [2.05, 4.69) is 17.4 Å². The van der Waals surface area contributed by atoms with Crippen LogP contribution in [-0.4, -0.2) is 24.4 Å². The molecular weight excluding hydrogens is 264 g/mol. The maximum Gasteiger partial charge on any atom is 0.249 e. The summed E-state index contributed by atoms with van der Waals surface area (Å²) in [5.74, 6) is -0.205. The lowest BCUT2D eigenvalue weighted by Crippen LogP contribution is -2.52. The molecule has 4 nitrogen and oxygen atoms in total. The molecule has 108 valence electrons. The molecule has 1 atom stereocenters. The Morgan fingerprint density at radius 2 is 2.05 bits per heavy atom. The average Bonchev–Trinajstić information content (AvgIpc) is 2.47. The molecule has 3 rings (SSSR count). The molecule has 1 aliphatic rings. The summed E-state index contributed by atoms with van der Waals surface area (Å²) in [5.41, 5.74) is 2.09. The van der Waals surface area contributed by atoms with Gasteiger partial charge in [0.15, 0.2) is 0 Å². The second-order valence-electron chi connectivity index (χ2n) is 5.32. The van der Waals surface area contributed by atoms with Gasteiger partial charge in [-0.2, -0.15) is 0 Å². The average molecular weight is 282 g/mol. The van der Waals surface area contributed by atoms with Gasteiger partial charge in [-0.05, 0) is 29.3 Å². The molecule has 0 aliphatic carbocycles. The molecule has 2 aromatic carbocycles. The van der Waals surface area contributed by atoms with E-state index in [1.54, 1.807) is 4.90 Å². The second kappa shape index (κ2) is 5.20. The van der Waals surface area contributed by atoms with Crippen molar-refractivity contribution in [3.8, 4) is 0 Å². The Kier molecular flexibility index (Phi) is 3.37. The third kappa shape index (κ3) is 2.27. The predicted molar refractivity (Wildman–Crippen MR) is 83.3 cm³/mol. The predicted octanol–water partition coefficient (Wildman–Crippen LogP) is 2.25. The van der Waals surface area contributed by atoms with Gasteiger partial charge in [-0.1, -0.05) is 30.3 Å². The molecule has 0 saturated carbocycles. The zero-order valence-corrected chi connectivity index (χ0v) is 12.2. The van der Waals surface area contributed by atoms with Crippen molar-refractivity contribution in [1.82, 2.24) is 5.32 Å². The third-order valence-corrected chi connectivity index (χ3v) is 3.97. The smallest absolute Gasteiger partial charge is 0.249 e. The van der Waals surface area contributed by atoms with E-state index in [0.29, 0.717) is 13.0 Å². The number of nitrogens with one attached hydrogen (secondary N) is 1. The summed E-state index contributed by atoms with van der Waals surface area (Å²) in [6.45, 7) is 4.00. The van der Waals surface area contributed by atoms with Crippen molar-refractivity contribution < 1.29 is 9.59 Å². The number of amides is 2. The van der Waals surface area contributed by atoms with Crippen LogP contribution in [0.2, 0.25) is 0 Å². The molecule has 0 aromatic heterocycles. The van der Waals surface area contributed by atoms with E-state index in [0.717, 1.165) is 22.0 Å². The Morgan fingerprint density at radius 3 is 2.76 bits per heavy atom. The van der Waals surface area contributed by atoms with Gasteiger partial charge in [0.1, 0.15) is 6.04 Å². The molecule has 1 aliphatic heterocycles. The normalized spacial score (nSPS) is 17.7. The number of hydrogen-bond donors (Lipinski definition) is 1. The van der Waals surface area contributed by atoms with Crippen LogP contribution < -0.4 is 10.2 Å². The van der Waals surface area contributed by atoms with Crippen LogP contribution in [0.5, 0.6) is 0 Å². The van der Waals surface area contributed by atoms with Crippen LogP contribution in [0.15, 0.2) is 36.4 Å². The summed E-state index contributed by atoms with van der Waals surface area (Å²) >= 11 is 0. The zero-order valence-electron chi connectivity index (χ0n) is 12.2. The monoisotopic (exact) mass is 282 g/mol. The molecule has 0 saturated heterocycles. The van der Waals surface area contributed by atoms with E-state index in [4.69, 9.17) is 0 Å². The Labute approximate surface area is 123 Å². The molecule has 1 N–H and O–H groups in total. The standard InChI is InChI=1S/C17H18N2O2/c1-3-19-16-9-8-12-6-4-5-7-13(12)14(16)10-15(17(19)21)18-11(2)20/h4-9,15H,3,10H2,1-2H3,(H,18,20)/t15-/m1/s1. The van der Waals surface area contributed by atoms with Crippen molar-refractivity contribution in [3.63, 3.8) is 0 Å². The Hall–Kier alpha value is -2.36. The van der Waals surface area contributed by atoms with Crippen LogP contribution in [-0.2, 0) is 16.0 Å². The Morgan fingerprint density at radius 1 is 1.29 bits per heavy atom. The number of rotatable bonds is 2. The first-order valence-electron chi connectivity index (χ1n) is 7.21. The van der Waals surface area contributed by atoms with Crippen LogP contribution in [0, 0.1) is 0 Å². The van der Waals surface area contributed by atoms with Crippen molar-refractivity contribution in [3.05, 3.63) is 42.0 Å². The van der Waals surface area contributed by atoms with Crippen molar-refractivity contribution in [2.24, 2.45) is 0 Å². The lowest BCUT2D eigenvalue weighted by Gasteiger charge is -2.34. The molecule has 0 unspecified atom stereocenters. The fourth-order valence-electron chi connectivity index (χ4n) is 3.07. The highest BCUT2D eigenvalue weighted by molar-refractivity contribution is 6.05. The minimum absolute atomic E-state index is 0.0320. The van der Waals surface area contributed by atoms with E-state index < -0.39 is 6.04 Å². The SMILES string of the molecule is CCN1C(=O)[C@H](NC(C)=O)Cc2c1ccc1ccccc21. The van der Waals surface area contributed by atoms with E-state index >= 15 is 0 Å². The van der Waals surface area contributed by atoms with Crippen molar-refractivity contribution in [1.29, 1.82) is 0 Å². The number of fused-ring (bicyclic) bond motifs is 3. The second-order valence-corrected chi connectivity index (χ2v) is 5.32. The summed E-state index contributed by atoms with van der Waals surface area (Å²) in [5, 5.41) is 5.08. The molecule has 1 heterocycles. The van der Waals surface area contributed by atoms with Gasteiger partial charge in [-0.25, -0.2) is 0 Å². The molecule has 0 bridgehead atoms. The van der Waals surface area contributed by atoms with Crippen LogP contribution >= 0.6 is 0 Å². The number of carbonyl (C=O) groups excluding carboxylic acids is 2. The fourth-order valence-corrected chi connectivity index (χ4v) is 3.07. The van der Waals surface area contributed by atoms with E-state index in [-0.39, 0.29) is 11.8 Å². The van der Waals surface area contributed by atoms with Gasteiger partial charge < -0.3 is 10.2 Å². The number of hydrogen-bond acceptors (Lipinski definition) is 2. The number of anilines is 1. The summed E-state index contributed by atoms with van der Waals surface area (Å²) in [6, 6.07) is 11.7. The minimum Gasteiger partial charge on any atom is -0.344 e. The fraction of sp³-hybridized carbons (Fsp3) is 0.294. The van der Waals surface area contributed by atoms with Crippen molar-refractivity contribution in [2.45, 2.75) is 26.3 Å². The molecule has 0 fully saturated rings. The Balaban J connectivity index is 2.16. The summed E-state index contributed by atoms with van der Waals surface area (Å²) in [4.78, 5) is 25.6. The lowest BCUT2D eigenvalue weighted by atomic mass is 9.92. The van der Waals surface area contributed by atoms with Gasteiger partial charge >= 0.3 is 0 Å². The summed E-state index contributed by atoms with van der Waals surface area (Å²) in [7, 11) is 0. The number of nitrogens with zero attached hydrogens (tertiary/aromatic N) is 1. The van der Waals surface area contributed by atoms with Gasteiger partial charge in [0, 0.05) is 25.6 Å². The van der Waals surface area contributed by atoms with Crippen LogP contribution in [0.25, 0.3) is 10.8 Å². The molecule has 2 amide bonds. The first-order valence-corrected chi connectivity index (χ1v) is 7.21. The topological polar surface area (TPSA) is 49.4 Å². The number of benzene rings is 2.